The molecule has 10 aromatic carbocycles. The Labute approximate surface area is 872 Å². The van der Waals surface area contributed by atoms with Gasteiger partial charge in [0.15, 0.2) is 0 Å². The monoisotopic (exact) mass is 2090 g/mol. The standard InChI is InChI=1S/C25H24N2O8.C25H25NO5S.C24H17NO4S.C20H23NO6.C20H17NO4S/c1-3-4-5-6-7-21(26-35-24(29)16-8-11-18(12-9-16)27(31)32)23(28)20-14-17-10-13-19(33-2)15-22(17)34-25(20)30;1-3-4-5-9-12-22(26-31-17(2)27)24(28)21-15-18-13-14-20(16-23(18)30-25(21)29)32-19-10-7-6-8-11-19;1-16(25-29-23(26)17-8-4-2-5-9-17)21-14-18-12-13-20(15-22(18)28-24(21)27)30-19-10-6-3-7-11-19;1-4-5-6-7-8-17(21-27-13(2)22)19(23)16-11-14-9-10-15(25-3)12-18(14)26-20(16)24;1-3-18(21-25-13(2)22)17-11-14-9-10-16(12-19(14)24-20(17)23)26-15-7-5-4-6-8-15/h8-15H,3-7H2,1-2H3;6-8,10-11,13-16H,3-5,9,12H2,1-2H3;2-15H,1H3;9-12H,4-8H2,1-3H3;4-12H,3H2,1-2H3/b26-21+;26-22+;25-16+;21-17+;21-18+. The molecule has 0 atom stereocenters. The number of non-ortho nitro benzene ring substituents is 1. The van der Waals surface area contributed by atoms with Crippen molar-refractivity contribution in [3.63, 3.8) is 0 Å². The summed E-state index contributed by atoms with van der Waals surface area (Å²) in [6.07, 6.45) is 12.0. The van der Waals surface area contributed by atoms with Crippen LogP contribution >= 0.6 is 35.3 Å². The number of nitro groups is 1. The van der Waals surface area contributed by atoms with Crippen molar-refractivity contribution in [1.29, 1.82) is 0 Å². The third-order valence-electron chi connectivity index (χ3n) is 22.0. The molecule has 33 nitrogen and oxygen atoms in total. The van der Waals surface area contributed by atoms with E-state index in [1.807, 2.05) is 153 Å². The predicted molar refractivity (Wildman–Crippen MR) is 573 cm³/mol. The number of unbranched alkanes of at least 4 members (excludes halogenated alkanes) is 9. The van der Waals surface area contributed by atoms with Gasteiger partial charge in [-0.05, 0) is 204 Å². The highest BCUT2D eigenvalue weighted by atomic mass is 32.2. The first kappa shape index (κ1) is 113. The summed E-state index contributed by atoms with van der Waals surface area (Å²) >= 11 is 4.73. The molecule has 0 saturated heterocycles. The number of oxime groups is 5. The molecule has 772 valence electrons. The molecular formula is C114H106N6O27S3. The molecule has 150 heavy (non-hydrogen) atoms. The lowest BCUT2D eigenvalue weighted by Crippen LogP contribution is -2.22. The average Bonchev–Trinajstić information content (AvgIpc) is 0.820. The lowest BCUT2D eigenvalue weighted by molar-refractivity contribution is -0.384. The van der Waals surface area contributed by atoms with Gasteiger partial charge in [-0.2, -0.15) is 0 Å². The second-order valence-electron chi connectivity index (χ2n) is 33.2. The maximum Gasteiger partial charge on any atom is 0.365 e. The van der Waals surface area contributed by atoms with E-state index in [0.717, 1.165) is 110 Å². The van der Waals surface area contributed by atoms with Crippen molar-refractivity contribution in [2.24, 2.45) is 25.8 Å². The molecule has 5 aromatic heterocycles. The minimum absolute atomic E-state index is 0.0244. The van der Waals surface area contributed by atoms with Crippen LogP contribution in [0.15, 0.2) is 368 Å². The number of benzene rings is 10. The first-order valence-electron chi connectivity index (χ1n) is 47.8. The molecule has 15 aromatic rings. The molecule has 36 heteroatoms. The van der Waals surface area contributed by atoms with Crippen molar-refractivity contribution >= 4 is 172 Å². The molecule has 0 N–H and O–H groups in total. The van der Waals surface area contributed by atoms with Crippen LogP contribution in [0, 0.1) is 10.1 Å². The number of carbonyl (C=O) groups is 8. The number of fused-ring (bicyclic) bond motifs is 5. The number of hydrogen-bond donors (Lipinski definition) is 0. The maximum atomic E-state index is 13.2. The molecule has 0 aliphatic rings. The van der Waals surface area contributed by atoms with Gasteiger partial charge in [-0.1, -0.05) is 238 Å². The molecule has 0 amide bonds. The molecule has 0 spiro atoms. The number of carbonyl (C=O) groups excluding carboxylic acids is 8. The number of Topliss-reactive ketones (excluding diaryl/α,β-unsaturated/α-hetero) is 3. The number of methoxy groups -OCH3 is 2. The first-order valence-corrected chi connectivity index (χ1v) is 50.3. The highest BCUT2D eigenvalue weighted by molar-refractivity contribution is 8.00. The van der Waals surface area contributed by atoms with Gasteiger partial charge in [0.05, 0.1) is 52.8 Å². The number of nitro benzene ring substituents is 1. The van der Waals surface area contributed by atoms with Gasteiger partial charge < -0.3 is 55.7 Å². The molecule has 0 aliphatic heterocycles. The fourth-order valence-corrected chi connectivity index (χ4v) is 16.8. The zero-order valence-electron chi connectivity index (χ0n) is 83.6. The zero-order chi connectivity index (χ0) is 108. The van der Waals surface area contributed by atoms with Crippen molar-refractivity contribution in [3.8, 4) is 11.5 Å². The average molecular weight is 2090 g/mol. The molecule has 0 aliphatic carbocycles. The topological polar surface area (TPSA) is 457 Å². The van der Waals surface area contributed by atoms with Crippen LogP contribution in [0.2, 0.25) is 0 Å². The summed E-state index contributed by atoms with van der Waals surface area (Å²) < 4.78 is 37.2. The van der Waals surface area contributed by atoms with Gasteiger partial charge >= 0.3 is 58.0 Å². The van der Waals surface area contributed by atoms with Gasteiger partial charge in [-0.3, -0.25) is 24.5 Å². The Kier molecular flexibility index (Phi) is 43.7. The molecule has 0 saturated carbocycles. The Balaban J connectivity index is 0.000000178. The van der Waals surface area contributed by atoms with E-state index in [9.17, 15) is 72.4 Å². The Morgan fingerprint density at radius 2 is 0.600 bits per heavy atom. The number of ether oxygens (including phenoxy) is 2. The molecule has 0 fully saturated rings. The van der Waals surface area contributed by atoms with Crippen molar-refractivity contribution < 1.29 is 99.0 Å². The number of hydrogen-bond acceptors (Lipinski definition) is 35. The van der Waals surface area contributed by atoms with Gasteiger partial charge in [0.25, 0.3) is 5.69 Å². The van der Waals surface area contributed by atoms with Gasteiger partial charge in [-0.15, -0.1) is 0 Å². The quantitative estimate of drug-likeness (QED) is 0.00654. The fourth-order valence-electron chi connectivity index (χ4n) is 14.2. The highest BCUT2D eigenvalue weighted by Gasteiger charge is 2.27. The molecule has 0 bridgehead atoms. The number of rotatable bonds is 40. The van der Waals surface area contributed by atoms with Crippen LogP contribution in [0.25, 0.3) is 54.8 Å². The molecule has 5 heterocycles. The second-order valence-corrected chi connectivity index (χ2v) is 36.6. The van der Waals surface area contributed by atoms with Crippen LogP contribution < -0.4 is 37.6 Å². The van der Waals surface area contributed by atoms with E-state index in [-0.39, 0.29) is 68.4 Å². The zero-order valence-corrected chi connectivity index (χ0v) is 86.1. The van der Waals surface area contributed by atoms with Gasteiger partial charge in [0.2, 0.25) is 17.3 Å². The smallest absolute Gasteiger partial charge is 0.365 e. The number of nitrogens with zero attached hydrogens (tertiary/aromatic N) is 6. The first-order chi connectivity index (χ1) is 72.4. The van der Waals surface area contributed by atoms with Crippen LogP contribution in [-0.2, 0) is 38.6 Å². The van der Waals surface area contributed by atoms with E-state index < -0.39 is 80.2 Å². The summed E-state index contributed by atoms with van der Waals surface area (Å²) in [5.74, 6) is -4.13. The summed E-state index contributed by atoms with van der Waals surface area (Å²) in [4.78, 5) is 199. The Morgan fingerprint density at radius 1 is 0.307 bits per heavy atom. The van der Waals surface area contributed by atoms with E-state index in [0.29, 0.717) is 105 Å². The third-order valence-corrected chi connectivity index (χ3v) is 25.0. The Bertz CT molecular complexity index is 7860. The van der Waals surface area contributed by atoms with Crippen LogP contribution in [-0.4, -0.2) is 94.9 Å². The lowest BCUT2D eigenvalue weighted by Gasteiger charge is -2.07. The summed E-state index contributed by atoms with van der Waals surface area (Å²) in [6, 6.07) is 77.6. The van der Waals surface area contributed by atoms with E-state index in [4.69, 9.17) is 46.1 Å². The summed E-state index contributed by atoms with van der Waals surface area (Å²) in [7, 11) is 2.99. The fraction of sp³-hybridized carbons (Fsp3) is 0.228. The second kappa shape index (κ2) is 57.8. The highest BCUT2D eigenvalue weighted by Crippen LogP contribution is 2.35. The maximum absolute atomic E-state index is 13.2. The normalized spacial score (nSPS) is 11.4. The van der Waals surface area contributed by atoms with Gasteiger partial charge in [-0.25, -0.2) is 47.9 Å². The van der Waals surface area contributed by atoms with Crippen molar-refractivity contribution in [1.82, 2.24) is 0 Å². The molecular weight excluding hydrogens is 1980 g/mol. The molecule has 0 unspecified atom stereocenters. The lowest BCUT2D eigenvalue weighted by atomic mass is 10.0. The van der Waals surface area contributed by atoms with Crippen molar-refractivity contribution in [2.75, 3.05) is 14.2 Å². The van der Waals surface area contributed by atoms with E-state index in [1.165, 1.54) is 71.4 Å². The van der Waals surface area contributed by atoms with Crippen LogP contribution in [0.5, 0.6) is 11.5 Å². The Morgan fingerprint density at radius 3 is 0.933 bits per heavy atom. The van der Waals surface area contributed by atoms with Crippen LogP contribution in [0.1, 0.15) is 221 Å². The third kappa shape index (κ3) is 34.1. The van der Waals surface area contributed by atoms with E-state index in [1.54, 1.807) is 121 Å². The molecule has 15 rings (SSSR count). The van der Waals surface area contributed by atoms with E-state index >= 15 is 0 Å². The summed E-state index contributed by atoms with van der Waals surface area (Å²) in [5, 5.41) is 32.8. The molecule has 0 radical (unpaired) electrons. The summed E-state index contributed by atoms with van der Waals surface area (Å²) in [5.41, 5.74) is -0.587. The van der Waals surface area contributed by atoms with Gasteiger partial charge in [0, 0.05) is 101 Å². The predicted octanol–water partition coefficient (Wildman–Crippen LogP) is 25.1. The van der Waals surface area contributed by atoms with Crippen molar-refractivity contribution in [3.05, 3.63) is 368 Å². The SMILES string of the molecule is C/C(=N\OC(=O)c1ccccc1)c1cc2ccc(Sc3ccccc3)cc2oc1=O.CC/C(=N\OC(C)=O)c1cc2ccc(Sc3ccccc3)cc2oc1=O.CCCCCC/C(=N\OC(=O)c1ccc([N+](=O)[O-])cc1)C(=O)c1cc2ccc(OC)cc2oc1=O.CCCCCC/C(=N\OC(C)=O)C(=O)c1cc2ccc(OC)cc2oc1=O.CCCCCC/C(=N\OC(C)=O)C(=O)c1cc2ccc(Sc3ccccc3)cc2oc1=O. The van der Waals surface area contributed by atoms with Gasteiger partial charge in [0.1, 0.15) is 73.2 Å². The van der Waals surface area contributed by atoms with Crippen LogP contribution in [0.3, 0.4) is 0 Å². The number of ketones is 3. The van der Waals surface area contributed by atoms with Crippen LogP contribution in [0.4, 0.5) is 5.69 Å². The summed E-state index contributed by atoms with van der Waals surface area (Å²) in [6.45, 7) is 13.3. The van der Waals surface area contributed by atoms with Crippen molar-refractivity contribution in [2.45, 2.75) is 187 Å². The largest absolute Gasteiger partial charge is 0.497 e. The Hall–Kier alpha value is -17.0. The van der Waals surface area contributed by atoms with E-state index in [2.05, 4.69) is 49.3 Å². The minimum atomic E-state index is -0.892. The minimum Gasteiger partial charge on any atom is -0.497 e.